The second kappa shape index (κ2) is 6.64. The van der Waals surface area contributed by atoms with Crippen molar-refractivity contribution in [3.63, 3.8) is 0 Å². The van der Waals surface area contributed by atoms with Crippen molar-refractivity contribution in [2.75, 3.05) is 13.1 Å². The quantitative estimate of drug-likeness (QED) is 0.752. The zero-order valence-corrected chi connectivity index (χ0v) is 13.5. The number of piperidine rings is 1. The number of rotatable bonds is 3. The number of likely N-dealkylation sites (tertiary alicyclic amines) is 1. The molecule has 2 rings (SSSR count). The van der Waals surface area contributed by atoms with Crippen LogP contribution in [0.2, 0.25) is 0 Å². The van der Waals surface area contributed by atoms with E-state index in [1.807, 2.05) is 20.8 Å². The van der Waals surface area contributed by atoms with Gasteiger partial charge in [0.1, 0.15) is 5.60 Å². The zero-order chi connectivity index (χ0) is 16.3. The molecule has 0 aliphatic carbocycles. The minimum Gasteiger partial charge on any atom is -0.444 e. The molecule has 124 valence electrons. The summed E-state index contributed by atoms with van der Waals surface area (Å²) in [4.78, 5) is 36.7. The van der Waals surface area contributed by atoms with E-state index in [1.165, 1.54) is 0 Å². The van der Waals surface area contributed by atoms with Gasteiger partial charge in [-0.1, -0.05) is 0 Å². The second-order valence-corrected chi connectivity index (χ2v) is 6.88. The SMILES string of the molecule is CC(C)(C)OC(=O)N1CCCC1CNC1CCC(=O)NC1=O. The standard InChI is InChI=1S/C15H25N3O4/c1-15(2,3)22-14(21)18-8-4-5-10(18)9-16-11-6-7-12(19)17-13(11)20/h10-11,16H,4-9H2,1-3H3,(H,17,19,20). The fourth-order valence-corrected chi connectivity index (χ4v) is 2.78. The summed E-state index contributed by atoms with van der Waals surface area (Å²) in [5.74, 6) is -0.502. The number of nitrogens with zero attached hydrogens (tertiary/aromatic N) is 1. The van der Waals surface area contributed by atoms with Crippen molar-refractivity contribution < 1.29 is 19.1 Å². The van der Waals surface area contributed by atoms with Crippen LogP contribution in [0.3, 0.4) is 0 Å². The molecule has 2 atom stereocenters. The van der Waals surface area contributed by atoms with Crippen LogP contribution >= 0.6 is 0 Å². The summed E-state index contributed by atoms with van der Waals surface area (Å²) in [5.41, 5.74) is -0.513. The average Bonchev–Trinajstić information content (AvgIpc) is 2.84. The van der Waals surface area contributed by atoms with Gasteiger partial charge in [0.05, 0.1) is 6.04 Å². The van der Waals surface area contributed by atoms with Crippen LogP contribution in [0.25, 0.3) is 0 Å². The van der Waals surface area contributed by atoms with E-state index >= 15 is 0 Å². The Morgan fingerprint density at radius 1 is 1.36 bits per heavy atom. The minimum absolute atomic E-state index is 0.0280. The van der Waals surface area contributed by atoms with Crippen LogP contribution in [-0.2, 0) is 14.3 Å². The lowest BCUT2D eigenvalue weighted by Gasteiger charge is -2.30. The highest BCUT2D eigenvalue weighted by Crippen LogP contribution is 2.20. The summed E-state index contributed by atoms with van der Waals surface area (Å²) in [6, 6.07) is -0.334. The lowest BCUT2D eigenvalue weighted by atomic mass is 10.1. The molecule has 0 aromatic heterocycles. The zero-order valence-electron chi connectivity index (χ0n) is 13.5. The van der Waals surface area contributed by atoms with Gasteiger partial charge in [0, 0.05) is 25.6 Å². The van der Waals surface area contributed by atoms with Gasteiger partial charge in [-0.2, -0.15) is 0 Å². The Balaban J connectivity index is 1.85. The molecule has 2 N–H and O–H groups in total. The number of amides is 3. The number of imide groups is 1. The average molecular weight is 311 g/mol. The van der Waals surface area contributed by atoms with E-state index in [4.69, 9.17) is 4.74 Å². The van der Waals surface area contributed by atoms with Crippen LogP contribution in [0, 0.1) is 0 Å². The number of ether oxygens (including phenoxy) is 1. The minimum atomic E-state index is -0.513. The van der Waals surface area contributed by atoms with E-state index in [0.717, 1.165) is 12.8 Å². The predicted octanol–water partition coefficient (Wildman–Crippen LogP) is 0.781. The number of hydrogen-bond donors (Lipinski definition) is 2. The third kappa shape index (κ3) is 4.43. The van der Waals surface area contributed by atoms with Crippen LogP contribution < -0.4 is 10.6 Å². The molecule has 3 amide bonds. The number of nitrogens with one attached hydrogen (secondary N) is 2. The monoisotopic (exact) mass is 311 g/mol. The molecule has 0 aromatic rings. The molecule has 7 nitrogen and oxygen atoms in total. The van der Waals surface area contributed by atoms with Crippen molar-refractivity contribution >= 4 is 17.9 Å². The Morgan fingerprint density at radius 2 is 2.09 bits per heavy atom. The van der Waals surface area contributed by atoms with Crippen LogP contribution in [0.15, 0.2) is 0 Å². The summed E-state index contributed by atoms with van der Waals surface area (Å²) < 4.78 is 5.41. The topological polar surface area (TPSA) is 87.7 Å². The van der Waals surface area contributed by atoms with Crippen LogP contribution in [0.5, 0.6) is 0 Å². The Hall–Kier alpha value is -1.63. The van der Waals surface area contributed by atoms with Crippen LogP contribution in [-0.4, -0.2) is 53.6 Å². The Morgan fingerprint density at radius 3 is 2.73 bits per heavy atom. The van der Waals surface area contributed by atoms with Gasteiger partial charge < -0.3 is 15.0 Å². The highest BCUT2D eigenvalue weighted by molar-refractivity contribution is 6.00. The third-order valence-electron chi connectivity index (χ3n) is 3.84. The highest BCUT2D eigenvalue weighted by atomic mass is 16.6. The molecule has 7 heteroatoms. The van der Waals surface area contributed by atoms with E-state index in [-0.39, 0.29) is 30.0 Å². The maximum atomic E-state index is 12.2. The fourth-order valence-electron chi connectivity index (χ4n) is 2.78. The van der Waals surface area contributed by atoms with Gasteiger partial charge in [0.2, 0.25) is 11.8 Å². The second-order valence-electron chi connectivity index (χ2n) is 6.88. The van der Waals surface area contributed by atoms with Crippen molar-refractivity contribution in [1.82, 2.24) is 15.5 Å². The fraction of sp³-hybridized carbons (Fsp3) is 0.800. The molecule has 2 fully saturated rings. The Labute approximate surface area is 130 Å². The van der Waals surface area contributed by atoms with Crippen LogP contribution in [0.4, 0.5) is 4.79 Å². The summed E-state index contributed by atoms with van der Waals surface area (Å²) in [5, 5.41) is 5.49. The summed E-state index contributed by atoms with van der Waals surface area (Å²) >= 11 is 0. The Kier molecular flexibility index (Phi) is 5.05. The maximum absolute atomic E-state index is 12.2. The van der Waals surface area contributed by atoms with Gasteiger partial charge in [0.15, 0.2) is 0 Å². The lowest BCUT2D eigenvalue weighted by Crippen LogP contribution is -2.53. The molecule has 2 saturated heterocycles. The molecular formula is C15H25N3O4. The van der Waals surface area contributed by atoms with Crippen molar-refractivity contribution in [2.24, 2.45) is 0 Å². The first-order valence-corrected chi connectivity index (χ1v) is 7.83. The highest BCUT2D eigenvalue weighted by Gasteiger charge is 2.33. The Bertz CT molecular complexity index is 458. The number of carbonyl (C=O) groups excluding carboxylic acids is 3. The van der Waals surface area contributed by atoms with Gasteiger partial charge in [-0.15, -0.1) is 0 Å². The van der Waals surface area contributed by atoms with Crippen molar-refractivity contribution in [3.05, 3.63) is 0 Å². The summed E-state index contributed by atoms with van der Waals surface area (Å²) in [6.45, 7) is 6.74. The molecule has 0 bridgehead atoms. The molecule has 0 aromatic carbocycles. The van der Waals surface area contributed by atoms with Gasteiger partial charge in [-0.05, 0) is 40.0 Å². The van der Waals surface area contributed by atoms with E-state index in [2.05, 4.69) is 10.6 Å². The van der Waals surface area contributed by atoms with Crippen LogP contribution in [0.1, 0.15) is 46.5 Å². The molecule has 22 heavy (non-hydrogen) atoms. The molecule has 2 heterocycles. The molecule has 2 aliphatic rings. The first kappa shape index (κ1) is 16.7. The molecular weight excluding hydrogens is 286 g/mol. The normalized spacial score (nSPS) is 26.0. The summed E-state index contributed by atoms with van der Waals surface area (Å²) in [6.07, 6.45) is 2.37. The van der Waals surface area contributed by atoms with E-state index in [1.54, 1.807) is 4.90 Å². The van der Waals surface area contributed by atoms with Gasteiger partial charge in [0.25, 0.3) is 0 Å². The third-order valence-corrected chi connectivity index (χ3v) is 3.84. The van der Waals surface area contributed by atoms with E-state index < -0.39 is 5.60 Å². The van der Waals surface area contributed by atoms with Crippen molar-refractivity contribution in [2.45, 2.75) is 64.1 Å². The number of carbonyl (C=O) groups is 3. The van der Waals surface area contributed by atoms with Gasteiger partial charge in [-0.25, -0.2) is 4.79 Å². The number of hydrogen-bond acceptors (Lipinski definition) is 5. The first-order chi connectivity index (χ1) is 10.3. The van der Waals surface area contributed by atoms with Gasteiger partial charge in [-0.3, -0.25) is 14.9 Å². The smallest absolute Gasteiger partial charge is 0.410 e. The molecule has 2 unspecified atom stereocenters. The molecule has 0 saturated carbocycles. The largest absolute Gasteiger partial charge is 0.444 e. The summed E-state index contributed by atoms with van der Waals surface area (Å²) in [7, 11) is 0. The molecule has 0 spiro atoms. The van der Waals surface area contributed by atoms with E-state index in [9.17, 15) is 14.4 Å². The lowest BCUT2D eigenvalue weighted by molar-refractivity contribution is -0.134. The van der Waals surface area contributed by atoms with Crippen molar-refractivity contribution in [3.8, 4) is 0 Å². The van der Waals surface area contributed by atoms with E-state index in [0.29, 0.717) is 25.9 Å². The van der Waals surface area contributed by atoms with Crippen molar-refractivity contribution in [1.29, 1.82) is 0 Å². The predicted molar refractivity (Wildman–Crippen MR) is 80.1 cm³/mol. The molecule has 0 radical (unpaired) electrons. The first-order valence-electron chi connectivity index (χ1n) is 7.83. The maximum Gasteiger partial charge on any atom is 0.410 e. The molecule has 2 aliphatic heterocycles. The van der Waals surface area contributed by atoms with Gasteiger partial charge >= 0.3 is 6.09 Å².